The van der Waals surface area contributed by atoms with Crippen molar-refractivity contribution < 1.29 is 9.90 Å². The molecule has 0 saturated heterocycles. The summed E-state index contributed by atoms with van der Waals surface area (Å²) in [4.78, 5) is 28.2. The summed E-state index contributed by atoms with van der Waals surface area (Å²) in [5.41, 5.74) is 5.48. The molecule has 0 saturated carbocycles. The van der Waals surface area contributed by atoms with E-state index in [0.29, 0.717) is 12.0 Å². The van der Waals surface area contributed by atoms with Gasteiger partial charge in [-0.25, -0.2) is 0 Å². The van der Waals surface area contributed by atoms with Gasteiger partial charge in [0.1, 0.15) is 6.04 Å². The molecule has 0 spiro atoms. The summed E-state index contributed by atoms with van der Waals surface area (Å²) < 4.78 is 0. The Kier molecular flexibility index (Phi) is 7.62. The van der Waals surface area contributed by atoms with Crippen molar-refractivity contribution in [2.24, 2.45) is 5.18 Å². The number of aromatic nitrogens is 1. The number of aryl methyl sites for hydroxylation is 2. The van der Waals surface area contributed by atoms with Crippen LogP contribution in [0.1, 0.15) is 56.7 Å². The van der Waals surface area contributed by atoms with Crippen LogP contribution < -0.4 is 5.32 Å². The molecule has 2 atom stereocenters. The van der Waals surface area contributed by atoms with Crippen molar-refractivity contribution in [3.63, 3.8) is 0 Å². The Morgan fingerprint density at radius 1 is 1.06 bits per heavy atom. The highest BCUT2D eigenvalue weighted by molar-refractivity contribution is 5.94. The van der Waals surface area contributed by atoms with Gasteiger partial charge in [0.05, 0.1) is 6.61 Å². The number of rotatable bonds is 9. The number of carbonyl (C=O) groups excluding carboxylic acids is 1. The second-order valence-corrected chi connectivity index (χ2v) is 7.60. The normalized spacial score (nSPS) is 12.7. The lowest BCUT2D eigenvalue weighted by atomic mass is 9.82. The van der Waals surface area contributed by atoms with E-state index in [-0.39, 0.29) is 25.0 Å². The number of aliphatic hydroxyl groups excluding tert-OH is 1. The Bertz CT molecular complexity index is 1030. The zero-order valence-corrected chi connectivity index (χ0v) is 17.8. The van der Waals surface area contributed by atoms with Gasteiger partial charge in [-0.15, -0.1) is 0 Å². The SMILES string of the molecule is Cc1cc(C(CC(c2ccc(C(=O)NCCO)cc2)c2ccccc2C)N=O)ccn1. The Balaban J connectivity index is 1.95. The van der Waals surface area contributed by atoms with E-state index in [1.165, 1.54) is 0 Å². The first-order valence-electron chi connectivity index (χ1n) is 10.3. The smallest absolute Gasteiger partial charge is 0.251 e. The van der Waals surface area contributed by atoms with E-state index in [1.807, 2.05) is 43.3 Å². The summed E-state index contributed by atoms with van der Waals surface area (Å²) in [7, 11) is 0. The molecule has 2 unspecified atom stereocenters. The van der Waals surface area contributed by atoms with Gasteiger partial charge in [-0.2, -0.15) is 4.91 Å². The molecule has 6 heteroatoms. The zero-order chi connectivity index (χ0) is 22.2. The number of nitrogens with zero attached hydrogens (tertiary/aromatic N) is 2. The predicted octanol–water partition coefficient (Wildman–Crippen LogP) is 4.45. The molecule has 0 aliphatic carbocycles. The summed E-state index contributed by atoms with van der Waals surface area (Å²) in [5.74, 6) is -0.292. The molecule has 160 valence electrons. The van der Waals surface area contributed by atoms with Gasteiger partial charge in [-0.1, -0.05) is 41.6 Å². The number of carbonyl (C=O) groups is 1. The Hall–Kier alpha value is -3.38. The van der Waals surface area contributed by atoms with Crippen LogP contribution in [0.2, 0.25) is 0 Å². The number of nitroso groups, excluding NO2 is 1. The Morgan fingerprint density at radius 3 is 2.45 bits per heavy atom. The maximum atomic E-state index is 12.2. The molecule has 0 fully saturated rings. The third kappa shape index (κ3) is 5.61. The van der Waals surface area contributed by atoms with Crippen LogP contribution in [0.3, 0.4) is 0 Å². The van der Waals surface area contributed by atoms with Gasteiger partial charge in [0.15, 0.2) is 0 Å². The molecule has 3 aromatic rings. The van der Waals surface area contributed by atoms with Gasteiger partial charge in [-0.3, -0.25) is 9.78 Å². The van der Waals surface area contributed by atoms with Gasteiger partial charge < -0.3 is 10.4 Å². The fraction of sp³-hybridized carbons (Fsp3) is 0.280. The molecule has 0 aliphatic rings. The molecule has 3 rings (SSSR count). The molecule has 6 nitrogen and oxygen atoms in total. The van der Waals surface area contributed by atoms with E-state index < -0.39 is 6.04 Å². The standard InChI is InChI=1S/C25H27N3O3/c1-17-5-3-4-6-22(17)23(16-24(28-31)21-11-12-26-18(2)15-21)19-7-9-20(10-8-19)25(30)27-13-14-29/h3-12,15,23-24,29H,13-14,16H2,1-2H3,(H,27,30). The molecule has 0 aliphatic heterocycles. The molecule has 2 aromatic carbocycles. The number of benzene rings is 2. The number of aliphatic hydroxyl groups is 1. The lowest BCUT2D eigenvalue weighted by molar-refractivity contribution is 0.0944. The number of hydrogen-bond acceptors (Lipinski definition) is 5. The fourth-order valence-corrected chi connectivity index (χ4v) is 3.80. The van der Waals surface area contributed by atoms with Crippen molar-refractivity contribution in [3.8, 4) is 0 Å². The van der Waals surface area contributed by atoms with Crippen LogP contribution in [0.5, 0.6) is 0 Å². The van der Waals surface area contributed by atoms with Gasteiger partial charge in [0.2, 0.25) is 0 Å². The number of amides is 1. The van der Waals surface area contributed by atoms with E-state index >= 15 is 0 Å². The molecule has 1 heterocycles. The van der Waals surface area contributed by atoms with E-state index in [1.54, 1.807) is 18.3 Å². The van der Waals surface area contributed by atoms with E-state index in [0.717, 1.165) is 27.9 Å². The zero-order valence-electron chi connectivity index (χ0n) is 17.8. The maximum absolute atomic E-state index is 12.2. The van der Waals surface area contributed by atoms with Crippen molar-refractivity contribution in [1.82, 2.24) is 10.3 Å². The van der Waals surface area contributed by atoms with Crippen LogP contribution in [0.25, 0.3) is 0 Å². The van der Waals surface area contributed by atoms with Crippen LogP contribution in [0, 0.1) is 18.8 Å². The molecule has 31 heavy (non-hydrogen) atoms. The first-order chi connectivity index (χ1) is 15.0. The van der Waals surface area contributed by atoms with Crippen LogP contribution in [0.4, 0.5) is 0 Å². The van der Waals surface area contributed by atoms with Crippen LogP contribution in [0.15, 0.2) is 72.0 Å². The number of pyridine rings is 1. The van der Waals surface area contributed by atoms with Crippen molar-refractivity contribution in [1.29, 1.82) is 0 Å². The highest BCUT2D eigenvalue weighted by Gasteiger charge is 2.23. The summed E-state index contributed by atoms with van der Waals surface area (Å²) in [6, 6.07) is 18.7. The molecular weight excluding hydrogens is 390 g/mol. The monoisotopic (exact) mass is 417 g/mol. The van der Waals surface area contributed by atoms with E-state index in [2.05, 4.69) is 34.5 Å². The average molecular weight is 418 g/mol. The third-order valence-electron chi connectivity index (χ3n) is 5.43. The second-order valence-electron chi connectivity index (χ2n) is 7.60. The van der Waals surface area contributed by atoms with Gasteiger partial charge in [0.25, 0.3) is 5.91 Å². The van der Waals surface area contributed by atoms with Crippen molar-refractivity contribution in [2.45, 2.75) is 32.2 Å². The number of hydrogen-bond donors (Lipinski definition) is 2. The van der Waals surface area contributed by atoms with Crippen LogP contribution in [-0.4, -0.2) is 29.1 Å². The largest absolute Gasteiger partial charge is 0.395 e. The minimum absolute atomic E-state index is 0.0630. The highest BCUT2D eigenvalue weighted by atomic mass is 16.3. The maximum Gasteiger partial charge on any atom is 0.251 e. The van der Waals surface area contributed by atoms with E-state index in [4.69, 9.17) is 5.11 Å². The molecule has 1 amide bonds. The van der Waals surface area contributed by atoms with Gasteiger partial charge in [0, 0.05) is 29.9 Å². The van der Waals surface area contributed by atoms with Gasteiger partial charge in [-0.05, 0) is 66.8 Å². The van der Waals surface area contributed by atoms with Gasteiger partial charge >= 0.3 is 0 Å². The fourth-order valence-electron chi connectivity index (χ4n) is 3.80. The molecule has 0 radical (unpaired) electrons. The molecular formula is C25H27N3O3. The summed E-state index contributed by atoms with van der Waals surface area (Å²) in [6.45, 7) is 4.06. The molecule has 1 aromatic heterocycles. The number of nitrogens with one attached hydrogen (secondary N) is 1. The Labute approximate surface area is 182 Å². The van der Waals surface area contributed by atoms with Crippen molar-refractivity contribution >= 4 is 5.91 Å². The molecule has 2 N–H and O–H groups in total. The summed E-state index contributed by atoms with van der Waals surface area (Å²) in [6.07, 6.45) is 2.21. The van der Waals surface area contributed by atoms with Crippen molar-refractivity contribution in [2.75, 3.05) is 13.2 Å². The van der Waals surface area contributed by atoms with E-state index in [9.17, 15) is 9.70 Å². The topological polar surface area (TPSA) is 91.6 Å². The average Bonchev–Trinajstić information content (AvgIpc) is 2.79. The first-order valence-corrected chi connectivity index (χ1v) is 10.3. The van der Waals surface area contributed by atoms with Crippen LogP contribution in [-0.2, 0) is 0 Å². The molecule has 0 bridgehead atoms. The highest BCUT2D eigenvalue weighted by Crippen LogP contribution is 2.37. The first kappa shape index (κ1) is 22.3. The van der Waals surface area contributed by atoms with Crippen LogP contribution >= 0.6 is 0 Å². The summed E-state index contributed by atoms with van der Waals surface area (Å²) in [5, 5.41) is 15.0. The quantitative estimate of drug-likeness (QED) is 0.503. The lowest BCUT2D eigenvalue weighted by Gasteiger charge is -2.23. The summed E-state index contributed by atoms with van der Waals surface area (Å²) >= 11 is 0. The second kappa shape index (κ2) is 10.6. The Morgan fingerprint density at radius 2 is 1.81 bits per heavy atom. The minimum Gasteiger partial charge on any atom is -0.395 e. The minimum atomic E-state index is -0.515. The third-order valence-corrected chi connectivity index (χ3v) is 5.43. The van der Waals surface area contributed by atoms with Crippen molar-refractivity contribution in [3.05, 3.63) is 105 Å². The lowest BCUT2D eigenvalue weighted by Crippen LogP contribution is -2.26. The predicted molar refractivity (Wildman–Crippen MR) is 121 cm³/mol.